The molecule has 0 aliphatic carbocycles. The van der Waals surface area contributed by atoms with E-state index in [1.54, 1.807) is 12.3 Å². The molecule has 0 radical (unpaired) electrons. The summed E-state index contributed by atoms with van der Waals surface area (Å²) in [6.07, 6.45) is 1.96. The van der Waals surface area contributed by atoms with Gasteiger partial charge in [-0.25, -0.2) is 9.97 Å². The van der Waals surface area contributed by atoms with Crippen LogP contribution >= 0.6 is 0 Å². The summed E-state index contributed by atoms with van der Waals surface area (Å²) in [4.78, 5) is 24.0. The molecule has 0 unspecified atom stereocenters. The van der Waals surface area contributed by atoms with E-state index in [9.17, 15) is 4.79 Å². The standard InChI is InChI=1S/C17H18N4O/c1-11(2)17-19-13-7-6-12(9-14(13)20-17)10-16(22)21-15-5-3-4-8-18-15/h3-9,11H,10H2,1-2H3,(H,19,20)(H,18,21,22). The van der Waals surface area contributed by atoms with E-state index < -0.39 is 0 Å². The zero-order valence-electron chi connectivity index (χ0n) is 12.6. The van der Waals surface area contributed by atoms with E-state index in [1.165, 1.54) is 0 Å². The average molecular weight is 294 g/mol. The number of fused-ring (bicyclic) bond motifs is 1. The van der Waals surface area contributed by atoms with Crippen molar-refractivity contribution < 1.29 is 4.79 Å². The highest BCUT2D eigenvalue weighted by Gasteiger charge is 2.09. The third-order valence-electron chi connectivity index (χ3n) is 3.41. The fraction of sp³-hybridized carbons (Fsp3) is 0.235. The monoisotopic (exact) mass is 294 g/mol. The van der Waals surface area contributed by atoms with Gasteiger partial charge in [0.05, 0.1) is 17.5 Å². The summed E-state index contributed by atoms with van der Waals surface area (Å²) in [5, 5.41) is 2.79. The Morgan fingerprint density at radius 2 is 2.14 bits per heavy atom. The molecule has 2 N–H and O–H groups in total. The molecule has 1 amide bonds. The van der Waals surface area contributed by atoms with Gasteiger partial charge in [-0.15, -0.1) is 0 Å². The topological polar surface area (TPSA) is 70.7 Å². The summed E-state index contributed by atoms with van der Waals surface area (Å²) in [6.45, 7) is 4.19. The second-order valence-electron chi connectivity index (χ2n) is 5.57. The Bertz CT molecular complexity index is 793. The first kappa shape index (κ1) is 14.3. The summed E-state index contributed by atoms with van der Waals surface area (Å²) in [6, 6.07) is 11.3. The number of imidazole rings is 1. The van der Waals surface area contributed by atoms with Crippen molar-refractivity contribution in [1.82, 2.24) is 15.0 Å². The molecule has 0 saturated carbocycles. The highest BCUT2D eigenvalue weighted by atomic mass is 16.1. The molecule has 0 spiro atoms. The number of benzene rings is 1. The van der Waals surface area contributed by atoms with Gasteiger partial charge in [0.2, 0.25) is 5.91 Å². The van der Waals surface area contributed by atoms with Crippen molar-refractivity contribution in [1.29, 1.82) is 0 Å². The molecule has 5 nitrogen and oxygen atoms in total. The number of nitrogens with one attached hydrogen (secondary N) is 2. The fourth-order valence-corrected chi connectivity index (χ4v) is 2.27. The van der Waals surface area contributed by atoms with Crippen LogP contribution in [0.5, 0.6) is 0 Å². The van der Waals surface area contributed by atoms with E-state index in [2.05, 4.69) is 34.1 Å². The second-order valence-corrected chi connectivity index (χ2v) is 5.57. The van der Waals surface area contributed by atoms with Gasteiger partial charge < -0.3 is 10.3 Å². The number of pyridine rings is 1. The molecule has 0 fully saturated rings. The first-order valence-electron chi connectivity index (χ1n) is 7.31. The third kappa shape index (κ3) is 3.14. The van der Waals surface area contributed by atoms with Crippen molar-refractivity contribution in [3.05, 3.63) is 54.0 Å². The summed E-state index contributed by atoms with van der Waals surface area (Å²) in [5.41, 5.74) is 2.84. The number of H-pyrrole nitrogens is 1. The number of hydrogen-bond acceptors (Lipinski definition) is 3. The van der Waals surface area contributed by atoms with Crippen molar-refractivity contribution in [2.75, 3.05) is 5.32 Å². The molecular formula is C17H18N4O. The minimum absolute atomic E-state index is 0.0818. The van der Waals surface area contributed by atoms with E-state index in [-0.39, 0.29) is 5.91 Å². The number of aromatic amines is 1. The smallest absolute Gasteiger partial charge is 0.229 e. The van der Waals surface area contributed by atoms with E-state index in [0.29, 0.717) is 18.2 Å². The quantitative estimate of drug-likeness (QED) is 0.776. The van der Waals surface area contributed by atoms with Gasteiger partial charge in [-0.05, 0) is 29.8 Å². The van der Waals surface area contributed by atoms with Crippen LogP contribution in [-0.2, 0) is 11.2 Å². The number of rotatable bonds is 4. The molecule has 0 aliphatic rings. The molecule has 3 rings (SSSR count). The number of hydrogen-bond donors (Lipinski definition) is 2. The summed E-state index contributed by atoms with van der Waals surface area (Å²) >= 11 is 0. The lowest BCUT2D eigenvalue weighted by Crippen LogP contribution is -2.15. The molecule has 2 heterocycles. The minimum atomic E-state index is -0.0818. The number of aromatic nitrogens is 3. The van der Waals surface area contributed by atoms with Gasteiger partial charge in [-0.3, -0.25) is 4.79 Å². The van der Waals surface area contributed by atoms with Crippen molar-refractivity contribution >= 4 is 22.8 Å². The minimum Gasteiger partial charge on any atom is -0.342 e. The van der Waals surface area contributed by atoms with Gasteiger partial charge in [-0.1, -0.05) is 26.0 Å². The summed E-state index contributed by atoms with van der Waals surface area (Å²) < 4.78 is 0. The van der Waals surface area contributed by atoms with Gasteiger partial charge in [0.15, 0.2) is 0 Å². The molecule has 2 aromatic heterocycles. The van der Waals surface area contributed by atoms with Crippen LogP contribution in [0.15, 0.2) is 42.6 Å². The molecule has 1 aromatic carbocycles. The maximum Gasteiger partial charge on any atom is 0.229 e. The predicted molar refractivity (Wildman–Crippen MR) is 86.8 cm³/mol. The fourth-order valence-electron chi connectivity index (χ4n) is 2.27. The van der Waals surface area contributed by atoms with Crippen molar-refractivity contribution in [2.45, 2.75) is 26.2 Å². The van der Waals surface area contributed by atoms with Gasteiger partial charge in [0.25, 0.3) is 0 Å². The van der Waals surface area contributed by atoms with Crippen LogP contribution in [0.2, 0.25) is 0 Å². The van der Waals surface area contributed by atoms with Crippen LogP contribution in [0.25, 0.3) is 11.0 Å². The zero-order chi connectivity index (χ0) is 15.5. The van der Waals surface area contributed by atoms with Crippen molar-refractivity contribution in [2.24, 2.45) is 0 Å². The van der Waals surface area contributed by atoms with E-state index in [0.717, 1.165) is 22.4 Å². The first-order chi connectivity index (χ1) is 10.6. The Morgan fingerprint density at radius 3 is 2.86 bits per heavy atom. The Morgan fingerprint density at radius 1 is 1.27 bits per heavy atom. The maximum atomic E-state index is 12.1. The van der Waals surface area contributed by atoms with Crippen LogP contribution in [0, 0.1) is 0 Å². The first-order valence-corrected chi connectivity index (χ1v) is 7.31. The van der Waals surface area contributed by atoms with Crippen LogP contribution in [0.1, 0.15) is 31.2 Å². The summed E-state index contributed by atoms with van der Waals surface area (Å²) in [7, 11) is 0. The van der Waals surface area contributed by atoms with Crippen LogP contribution in [-0.4, -0.2) is 20.9 Å². The Labute approximate surface area is 128 Å². The van der Waals surface area contributed by atoms with Crippen molar-refractivity contribution in [3.8, 4) is 0 Å². The number of carbonyl (C=O) groups excluding carboxylic acids is 1. The molecule has 0 aliphatic heterocycles. The Kier molecular flexibility index (Phi) is 3.87. The van der Waals surface area contributed by atoms with Crippen LogP contribution in [0.3, 0.4) is 0 Å². The third-order valence-corrected chi connectivity index (χ3v) is 3.41. The van der Waals surface area contributed by atoms with Gasteiger partial charge in [-0.2, -0.15) is 0 Å². The molecule has 112 valence electrons. The van der Waals surface area contributed by atoms with Crippen LogP contribution in [0.4, 0.5) is 5.82 Å². The molecule has 0 bridgehead atoms. The number of anilines is 1. The van der Waals surface area contributed by atoms with E-state index >= 15 is 0 Å². The number of carbonyl (C=O) groups is 1. The lowest BCUT2D eigenvalue weighted by Gasteiger charge is -2.04. The number of amides is 1. The Balaban J connectivity index is 1.74. The molecular weight excluding hydrogens is 276 g/mol. The van der Waals surface area contributed by atoms with Gasteiger partial charge in [0, 0.05) is 12.1 Å². The average Bonchev–Trinajstić information content (AvgIpc) is 2.91. The molecule has 22 heavy (non-hydrogen) atoms. The lowest BCUT2D eigenvalue weighted by atomic mass is 10.1. The molecule has 5 heteroatoms. The highest BCUT2D eigenvalue weighted by molar-refractivity contribution is 5.92. The van der Waals surface area contributed by atoms with Gasteiger partial charge >= 0.3 is 0 Å². The normalized spacial score (nSPS) is 11.0. The molecule has 0 saturated heterocycles. The summed E-state index contributed by atoms with van der Waals surface area (Å²) in [5.74, 6) is 1.80. The van der Waals surface area contributed by atoms with E-state index in [1.807, 2.05) is 30.3 Å². The SMILES string of the molecule is CC(C)c1nc2ccc(CC(=O)Nc3ccccn3)cc2[nH]1. The largest absolute Gasteiger partial charge is 0.342 e. The zero-order valence-corrected chi connectivity index (χ0v) is 12.6. The molecule has 0 atom stereocenters. The maximum absolute atomic E-state index is 12.1. The lowest BCUT2D eigenvalue weighted by molar-refractivity contribution is -0.115. The predicted octanol–water partition coefficient (Wildman–Crippen LogP) is 3.26. The molecule has 3 aromatic rings. The Hall–Kier alpha value is -2.69. The van der Waals surface area contributed by atoms with Crippen molar-refractivity contribution in [3.63, 3.8) is 0 Å². The number of nitrogens with zero attached hydrogens (tertiary/aromatic N) is 2. The highest BCUT2D eigenvalue weighted by Crippen LogP contribution is 2.18. The van der Waals surface area contributed by atoms with E-state index in [4.69, 9.17) is 0 Å². The second kappa shape index (κ2) is 5.97. The van der Waals surface area contributed by atoms with Crippen LogP contribution < -0.4 is 5.32 Å². The van der Waals surface area contributed by atoms with Gasteiger partial charge in [0.1, 0.15) is 11.6 Å².